The third kappa shape index (κ3) is 2.74. The van der Waals surface area contributed by atoms with Gasteiger partial charge in [-0.25, -0.2) is 4.98 Å². The van der Waals surface area contributed by atoms with Gasteiger partial charge >= 0.3 is 0 Å². The summed E-state index contributed by atoms with van der Waals surface area (Å²) < 4.78 is 2.26. The summed E-state index contributed by atoms with van der Waals surface area (Å²) in [7, 11) is 0. The van der Waals surface area contributed by atoms with E-state index in [1.54, 1.807) is 11.3 Å². The minimum Gasteiger partial charge on any atom is -0.324 e. The molecule has 0 spiro atoms. The number of aryl methyl sites for hydroxylation is 2. The van der Waals surface area contributed by atoms with Gasteiger partial charge in [0.15, 0.2) is 5.82 Å². The van der Waals surface area contributed by atoms with Crippen LogP contribution in [0.3, 0.4) is 0 Å². The quantitative estimate of drug-likeness (QED) is 0.790. The maximum absolute atomic E-state index is 6.26. The summed E-state index contributed by atoms with van der Waals surface area (Å²) in [5.74, 6) is 1.02. The third-order valence-electron chi connectivity index (χ3n) is 3.67. The maximum Gasteiger partial charge on any atom is 0.151 e. The van der Waals surface area contributed by atoms with Crippen LogP contribution in [0.1, 0.15) is 25.0 Å². The Morgan fingerprint density at radius 3 is 2.57 bits per heavy atom. The normalized spacial score (nSPS) is 12.2. The van der Waals surface area contributed by atoms with Crippen LogP contribution in [0.5, 0.6) is 0 Å². The lowest BCUT2D eigenvalue weighted by Crippen LogP contribution is -2.37. The molecule has 1 aromatic carbocycles. The van der Waals surface area contributed by atoms with E-state index in [0.717, 1.165) is 17.9 Å². The standard InChI is InChI=1S/C17H21N3S/c1-11-8-13-14(9-12(11)2)20(10-17(3,4)18)16(19-13)15-6-5-7-21-15/h5-9H,10,18H2,1-4H3. The maximum atomic E-state index is 6.26. The van der Waals surface area contributed by atoms with Crippen LogP contribution in [-0.4, -0.2) is 15.1 Å². The first-order chi connectivity index (χ1) is 9.85. The SMILES string of the molecule is Cc1cc2nc(-c3cccs3)n(CC(C)(C)N)c2cc1C. The van der Waals surface area contributed by atoms with E-state index in [0.29, 0.717) is 0 Å². The summed E-state index contributed by atoms with van der Waals surface area (Å²) in [5.41, 5.74) is 10.8. The van der Waals surface area contributed by atoms with Crippen LogP contribution in [-0.2, 0) is 6.54 Å². The first-order valence-electron chi connectivity index (χ1n) is 7.15. The van der Waals surface area contributed by atoms with Crippen molar-refractivity contribution in [1.82, 2.24) is 9.55 Å². The number of benzene rings is 1. The monoisotopic (exact) mass is 299 g/mol. The number of fused-ring (bicyclic) bond motifs is 1. The summed E-state index contributed by atoms with van der Waals surface area (Å²) >= 11 is 1.72. The molecule has 21 heavy (non-hydrogen) atoms. The second kappa shape index (κ2) is 4.97. The van der Waals surface area contributed by atoms with Crippen LogP contribution >= 0.6 is 11.3 Å². The molecule has 0 radical (unpaired) electrons. The minimum absolute atomic E-state index is 0.279. The molecule has 3 rings (SSSR count). The molecule has 110 valence electrons. The van der Waals surface area contributed by atoms with E-state index in [2.05, 4.69) is 61.9 Å². The number of aromatic nitrogens is 2. The number of nitrogens with zero attached hydrogens (tertiary/aromatic N) is 2. The fraction of sp³-hybridized carbons (Fsp3) is 0.353. The van der Waals surface area contributed by atoms with Crippen molar-refractivity contribution in [3.8, 4) is 10.7 Å². The molecule has 0 fully saturated rings. The summed E-state index contributed by atoms with van der Waals surface area (Å²) in [6, 6.07) is 8.57. The lowest BCUT2D eigenvalue weighted by atomic mass is 10.1. The molecular weight excluding hydrogens is 278 g/mol. The molecule has 0 unspecified atom stereocenters. The highest BCUT2D eigenvalue weighted by molar-refractivity contribution is 7.13. The Balaban J connectivity index is 2.28. The van der Waals surface area contributed by atoms with E-state index in [1.165, 1.54) is 21.5 Å². The van der Waals surface area contributed by atoms with Gasteiger partial charge < -0.3 is 10.3 Å². The zero-order valence-corrected chi connectivity index (χ0v) is 13.8. The highest BCUT2D eigenvalue weighted by atomic mass is 32.1. The fourth-order valence-corrected chi connectivity index (χ4v) is 3.26. The molecule has 0 atom stereocenters. The highest BCUT2D eigenvalue weighted by Gasteiger charge is 2.19. The van der Waals surface area contributed by atoms with Crippen LogP contribution in [0, 0.1) is 13.8 Å². The van der Waals surface area contributed by atoms with Gasteiger partial charge in [0.2, 0.25) is 0 Å². The average Bonchev–Trinajstić information content (AvgIpc) is 2.98. The average molecular weight is 299 g/mol. The lowest BCUT2D eigenvalue weighted by Gasteiger charge is -2.21. The molecule has 2 aromatic heterocycles. The molecule has 0 aliphatic carbocycles. The van der Waals surface area contributed by atoms with Gasteiger partial charge in [0, 0.05) is 12.1 Å². The Kier molecular flexibility index (Phi) is 3.38. The van der Waals surface area contributed by atoms with Gasteiger partial charge in [0.05, 0.1) is 15.9 Å². The topological polar surface area (TPSA) is 43.8 Å². The van der Waals surface area contributed by atoms with Crippen LogP contribution in [0.15, 0.2) is 29.6 Å². The zero-order chi connectivity index (χ0) is 15.2. The van der Waals surface area contributed by atoms with Crippen LogP contribution in [0.25, 0.3) is 21.7 Å². The molecular formula is C17H21N3S. The molecule has 0 amide bonds. The van der Waals surface area contributed by atoms with Gasteiger partial charge in [-0.3, -0.25) is 0 Å². The van der Waals surface area contributed by atoms with Gasteiger partial charge in [-0.05, 0) is 62.4 Å². The molecule has 0 saturated carbocycles. The van der Waals surface area contributed by atoms with Crippen LogP contribution in [0.4, 0.5) is 0 Å². The van der Waals surface area contributed by atoms with Gasteiger partial charge in [-0.2, -0.15) is 0 Å². The molecule has 0 aliphatic heterocycles. The van der Waals surface area contributed by atoms with E-state index in [-0.39, 0.29) is 5.54 Å². The fourth-order valence-electron chi connectivity index (χ4n) is 2.54. The van der Waals surface area contributed by atoms with Crippen molar-refractivity contribution in [1.29, 1.82) is 0 Å². The highest BCUT2D eigenvalue weighted by Crippen LogP contribution is 2.30. The van der Waals surface area contributed by atoms with Crippen molar-refractivity contribution in [3.05, 3.63) is 40.8 Å². The molecule has 4 heteroatoms. The van der Waals surface area contributed by atoms with E-state index in [4.69, 9.17) is 10.7 Å². The van der Waals surface area contributed by atoms with Gasteiger partial charge in [0.1, 0.15) is 0 Å². The Hall–Kier alpha value is -1.65. The summed E-state index contributed by atoms with van der Waals surface area (Å²) in [4.78, 5) is 6.04. The third-order valence-corrected chi connectivity index (χ3v) is 4.54. The number of imidazole rings is 1. The lowest BCUT2D eigenvalue weighted by molar-refractivity contribution is 0.443. The number of nitrogens with two attached hydrogens (primary N) is 1. The van der Waals surface area contributed by atoms with E-state index in [9.17, 15) is 0 Å². The summed E-state index contributed by atoms with van der Waals surface area (Å²) in [6.45, 7) is 9.13. The number of thiophene rings is 1. The second-order valence-electron chi connectivity index (χ2n) is 6.41. The Morgan fingerprint density at radius 1 is 1.24 bits per heavy atom. The van der Waals surface area contributed by atoms with E-state index < -0.39 is 0 Å². The van der Waals surface area contributed by atoms with Crippen molar-refractivity contribution in [2.45, 2.75) is 39.8 Å². The largest absolute Gasteiger partial charge is 0.324 e. The first-order valence-corrected chi connectivity index (χ1v) is 8.03. The predicted octanol–water partition coefficient (Wildman–Crippen LogP) is 4.12. The van der Waals surface area contributed by atoms with Crippen molar-refractivity contribution >= 4 is 22.4 Å². The van der Waals surface area contributed by atoms with Gasteiger partial charge in [-0.1, -0.05) is 6.07 Å². The number of hydrogen-bond acceptors (Lipinski definition) is 3. The zero-order valence-electron chi connectivity index (χ0n) is 13.0. The minimum atomic E-state index is -0.279. The smallest absolute Gasteiger partial charge is 0.151 e. The van der Waals surface area contributed by atoms with Gasteiger partial charge in [0.25, 0.3) is 0 Å². The summed E-state index contributed by atoms with van der Waals surface area (Å²) in [5, 5.41) is 2.09. The van der Waals surface area contributed by atoms with Crippen molar-refractivity contribution in [2.75, 3.05) is 0 Å². The molecule has 2 heterocycles. The molecule has 3 nitrogen and oxygen atoms in total. The van der Waals surface area contributed by atoms with E-state index in [1.807, 2.05) is 0 Å². The van der Waals surface area contributed by atoms with E-state index >= 15 is 0 Å². The Bertz CT molecular complexity index is 777. The summed E-state index contributed by atoms with van der Waals surface area (Å²) in [6.07, 6.45) is 0. The van der Waals surface area contributed by atoms with Crippen molar-refractivity contribution in [2.24, 2.45) is 5.73 Å². The van der Waals surface area contributed by atoms with Gasteiger partial charge in [-0.15, -0.1) is 11.3 Å². The number of rotatable bonds is 3. The number of hydrogen-bond donors (Lipinski definition) is 1. The Morgan fingerprint density at radius 2 is 1.95 bits per heavy atom. The molecule has 3 aromatic rings. The van der Waals surface area contributed by atoms with Crippen molar-refractivity contribution < 1.29 is 0 Å². The van der Waals surface area contributed by atoms with Crippen molar-refractivity contribution in [3.63, 3.8) is 0 Å². The van der Waals surface area contributed by atoms with Crippen LogP contribution in [0.2, 0.25) is 0 Å². The molecule has 0 saturated heterocycles. The second-order valence-corrected chi connectivity index (χ2v) is 7.36. The molecule has 0 aliphatic rings. The van der Waals surface area contributed by atoms with Crippen LogP contribution < -0.4 is 5.73 Å². The molecule has 2 N–H and O–H groups in total. The first kappa shape index (κ1) is 14.3. The predicted molar refractivity (Wildman–Crippen MR) is 90.8 cm³/mol. The Labute approximate surface area is 129 Å². The molecule has 0 bridgehead atoms.